The van der Waals surface area contributed by atoms with Gasteiger partial charge in [-0.05, 0) is 74.3 Å². The van der Waals surface area contributed by atoms with E-state index in [1.165, 1.54) is 16.7 Å². The number of allylic oxidation sites excluding steroid dienone is 8. The molecule has 0 fully saturated rings. The maximum absolute atomic E-state index is 12.1. The lowest BCUT2D eigenvalue weighted by Gasteiger charge is -2.27. The normalized spacial score (nSPS) is 17.0. The Bertz CT molecular complexity index is 827. The minimum absolute atomic E-state index is 0.0797. The van der Waals surface area contributed by atoms with Crippen LogP contribution in [0, 0.1) is 23.7 Å². The fourth-order valence-corrected chi connectivity index (χ4v) is 4.06. The second-order valence-electron chi connectivity index (χ2n) is 10.3. The number of amides is 1. The molecule has 0 aromatic heterocycles. The van der Waals surface area contributed by atoms with Crippen LogP contribution in [0.2, 0.25) is 0 Å². The van der Waals surface area contributed by atoms with Crippen molar-refractivity contribution in [3.8, 4) is 0 Å². The van der Waals surface area contributed by atoms with Crippen LogP contribution in [0.3, 0.4) is 0 Å². The van der Waals surface area contributed by atoms with E-state index in [0.717, 1.165) is 50.8 Å². The zero-order valence-corrected chi connectivity index (χ0v) is 23.0. The van der Waals surface area contributed by atoms with Gasteiger partial charge < -0.3 is 10.6 Å². The van der Waals surface area contributed by atoms with E-state index in [4.69, 9.17) is 0 Å². The Balaban J connectivity index is 2.26. The van der Waals surface area contributed by atoms with Crippen molar-refractivity contribution in [3.05, 3.63) is 84.7 Å². The van der Waals surface area contributed by atoms with Crippen LogP contribution in [0.4, 0.5) is 0 Å². The number of carbonyl (C=O) groups is 1. The van der Waals surface area contributed by atoms with Gasteiger partial charge >= 0.3 is 0 Å². The molecule has 1 amide bonds. The van der Waals surface area contributed by atoms with Crippen LogP contribution in [0.1, 0.15) is 73.1 Å². The zero-order valence-electron chi connectivity index (χ0n) is 23.0. The van der Waals surface area contributed by atoms with E-state index < -0.39 is 0 Å². The number of hydrogen-bond acceptors (Lipinski definition) is 2. The van der Waals surface area contributed by atoms with E-state index in [0.29, 0.717) is 30.2 Å². The summed E-state index contributed by atoms with van der Waals surface area (Å²) in [5, 5.41) is 6.26. The van der Waals surface area contributed by atoms with Gasteiger partial charge in [-0.2, -0.15) is 0 Å². The van der Waals surface area contributed by atoms with Crippen molar-refractivity contribution in [1.29, 1.82) is 0 Å². The van der Waals surface area contributed by atoms with Gasteiger partial charge in [-0.15, -0.1) is 0 Å². The molecule has 1 rings (SSSR count). The summed E-state index contributed by atoms with van der Waals surface area (Å²) < 4.78 is 0. The van der Waals surface area contributed by atoms with Crippen molar-refractivity contribution >= 4 is 5.91 Å². The average molecular weight is 479 g/mol. The molecule has 194 valence electrons. The van der Waals surface area contributed by atoms with E-state index in [1.54, 1.807) is 6.08 Å². The number of nitrogens with one attached hydrogen (secondary N) is 2. The highest BCUT2D eigenvalue weighted by molar-refractivity contribution is 5.87. The molecule has 0 saturated heterocycles. The van der Waals surface area contributed by atoms with Crippen LogP contribution in [0.5, 0.6) is 0 Å². The molecule has 0 heterocycles. The van der Waals surface area contributed by atoms with E-state index in [9.17, 15) is 4.79 Å². The molecule has 1 aliphatic rings. The molecule has 0 aromatic carbocycles. The third-order valence-corrected chi connectivity index (χ3v) is 6.98. The predicted molar refractivity (Wildman–Crippen MR) is 154 cm³/mol. The molecule has 0 aromatic rings. The number of carbonyl (C=O) groups excluding carboxylic acids is 1. The van der Waals surface area contributed by atoms with Gasteiger partial charge in [0.1, 0.15) is 0 Å². The van der Waals surface area contributed by atoms with Crippen molar-refractivity contribution in [3.63, 3.8) is 0 Å². The van der Waals surface area contributed by atoms with Crippen LogP contribution in [-0.2, 0) is 4.79 Å². The summed E-state index contributed by atoms with van der Waals surface area (Å²) in [6.07, 6.45) is 21.0. The maximum Gasteiger partial charge on any atom is 0.243 e. The largest absolute Gasteiger partial charge is 0.387 e. The molecule has 1 aliphatic carbocycles. The Labute approximate surface area is 215 Å². The summed E-state index contributed by atoms with van der Waals surface area (Å²) in [6.45, 7) is 24.8. The molecular formula is C32H50N2O. The Morgan fingerprint density at radius 3 is 2.51 bits per heavy atom. The van der Waals surface area contributed by atoms with Crippen LogP contribution in [-0.4, -0.2) is 19.0 Å². The lowest BCUT2D eigenvalue weighted by Crippen LogP contribution is -2.31. The monoisotopic (exact) mass is 478 g/mol. The Kier molecular flexibility index (Phi) is 14.8. The van der Waals surface area contributed by atoms with Crippen molar-refractivity contribution in [2.24, 2.45) is 23.7 Å². The van der Waals surface area contributed by atoms with Gasteiger partial charge in [0.05, 0.1) is 6.54 Å². The summed E-state index contributed by atoms with van der Waals surface area (Å²) in [5.74, 6) is 1.82. The van der Waals surface area contributed by atoms with Gasteiger partial charge in [-0.3, -0.25) is 4.79 Å². The van der Waals surface area contributed by atoms with Gasteiger partial charge in [0.25, 0.3) is 0 Å². The van der Waals surface area contributed by atoms with E-state index in [2.05, 4.69) is 95.4 Å². The van der Waals surface area contributed by atoms with Crippen molar-refractivity contribution < 1.29 is 4.79 Å². The molecule has 2 N–H and O–H groups in total. The molecule has 0 bridgehead atoms. The lowest BCUT2D eigenvalue weighted by molar-refractivity contribution is -0.116. The third-order valence-electron chi connectivity index (χ3n) is 6.98. The standard InChI is InChI=1S/C32H50N2O/c1-9-26(5)31(24(2)3)21-27(6)28(7)22-33-29(8)23-34-32(35)18-14-13-15-25(4)19-20-30-16-11-10-12-17-30/h11,14,16-20,25-26,28,31,33H,2,6,8-10,12-13,15,21-23H2,1,3-5,7H3,(H,34,35)/b18-14+,20-19+/t25?,26-,28?,31?/m0/s1. The quantitative estimate of drug-likeness (QED) is 0.165. The fourth-order valence-electron chi connectivity index (χ4n) is 4.06. The molecule has 0 radical (unpaired) electrons. The minimum Gasteiger partial charge on any atom is -0.387 e. The SMILES string of the molecule is C=C(CNC(=O)/C=C/CCC(C)/C=C/C1=CCCC=C1)NCC(C)C(=C)CC(C(=C)C)[C@@H](C)CC. The van der Waals surface area contributed by atoms with Crippen LogP contribution >= 0.6 is 0 Å². The summed E-state index contributed by atoms with van der Waals surface area (Å²) in [4.78, 5) is 12.1. The van der Waals surface area contributed by atoms with Crippen LogP contribution < -0.4 is 10.6 Å². The predicted octanol–water partition coefficient (Wildman–Crippen LogP) is 7.83. The molecule has 3 unspecified atom stereocenters. The maximum atomic E-state index is 12.1. The summed E-state index contributed by atoms with van der Waals surface area (Å²) in [5.41, 5.74) is 4.59. The van der Waals surface area contributed by atoms with Gasteiger partial charge in [0, 0.05) is 12.2 Å². The minimum atomic E-state index is -0.0797. The number of hydrogen-bond donors (Lipinski definition) is 2. The molecule has 0 spiro atoms. The van der Waals surface area contributed by atoms with Crippen molar-refractivity contribution in [2.45, 2.75) is 73.1 Å². The van der Waals surface area contributed by atoms with E-state index in [-0.39, 0.29) is 5.91 Å². The molecule has 0 saturated carbocycles. The average Bonchev–Trinajstić information content (AvgIpc) is 2.85. The topological polar surface area (TPSA) is 41.1 Å². The molecule has 4 atom stereocenters. The highest BCUT2D eigenvalue weighted by atomic mass is 16.1. The highest BCUT2D eigenvalue weighted by Crippen LogP contribution is 2.30. The zero-order chi connectivity index (χ0) is 26.2. The highest BCUT2D eigenvalue weighted by Gasteiger charge is 2.19. The van der Waals surface area contributed by atoms with Gasteiger partial charge in [-0.25, -0.2) is 0 Å². The van der Waals surface area contributed by atoms with Gasteiger partial charge in [0.15, 0.2) is 0 Å². The molecule has 3 heteroatoms. The Hall–Kier alpha value is -2.55. The first-order chi connectivity index (χ1) is 16.6. The second kappa shape index (κ2) is 17.0. The fraction of sp³-hybridized carbons (Fsp3) is 0.531. The summed E-state index contributed by atoms with van der Waals surface area (Å²) in [6, 6.07) is 0. The lowest BCUT2D eigenvalue weighted by atomic mass is 9.80. The first-order valence-electron chi connectivity index (χ1n) is 13.4. The van der Waals surface area contributed by atoms with E-state index in [1.807, 2.05) is 6.08 Å². The summed E-state index contributed by atoms with van der Waals surface area (Å²) in [7, 11) is 0. The first-order valence-corrected chi connectivity index (χ1v) is 13.4. The second-order valence-corrected chi connectivity index (χ2v) is 10.3. The molecule has 3 nitrogen and oxygen atoms in total. The smallest absolute Gasteiger partial charge is 0.243 e. The number of rotatable bonds is 17. The van der Waals surface area contributed by atoms with Gasteiger partial charge in [-0.1, -0.05) is 101 Å². The third kappa shape index (κ3) is 13.2. The Morgan fingerprint density at radius 1 is 1.14 bits per heavy atom. The van der Waals surface area contributed by atoms with Crippen molar-refractivity contribution in [2.75, 3.05) is 13.1 Å². The van der Waals surface area contributed by atoms with Crippen molar-refractivity contribution in [1.82, 2.24) is 10.6 Å². The molecule has 35 heavy (non-hydrogen) atoms. The Morgan fingerprint density at radius 2 is 1.89 bits per heavy atom. The molecular weight excluding hydrogens is 428 g/mol. The first kappa shape index (κ1) is 30.5. The van der Waals surface area contributed by atoms with Gasteiger partial charge in [0.2, 0.25) is 5.91 Å². The van der Waals surface area contributed by atoms with E-state index >= 15 is 0 Å². The van der Waals surface area contributed by atoms with Crippen LogP contribution in [0.15, 0.2) is 84.7 Å². The van der Waals surface area contributed by atoms with Crippen LogP contribution in [0.25, 0.3) is 0 Å². The summed E-state index contributed by atoms with van der Waals surface area (Å²) >= 11 is 0. The molecule has 0 aliphatic heterocycles.